The number of alkyl halides is 3. The highest BCUT2D eigenvalue weighted by atomic mass is 19.4. The molecule has 1 saturated heterocycles. The molecule has 1 aliphatic heterocycles. The van der Waals surface area contributed by atoms with Gasteiger partial charge in [0.2, 0.25) is 11.8 Å². The fraction of sp³-hybridized carbons (Fsp3) is 0.350. The van der Waals surface area contributed by atoms with Gasteiger partial charge >= 0.3 is 6.18 Å². The van der Waals surface area contributed by atoms with Crippen LogP contribution in [0.15, 0.2) is 36.4 Å². The molecule has 0 unspecified atom stereocenters. The van der Waals surface area contributed by atoms with Crippen LogP contribution in [0.2, 0.25) is 0 Å². The lowest BCUT2D eigenvalue weighted by Crippen LogP contribution is -2.41. The van der Waals surface area contributed by atoms with Gasteiger partial charge in [-0.05, 0) is 49.2 Å². The summed E-state index contributed by atoms with van der Waals surface area (Å²) in [5.41, 5.74) is 1.20. The van der Waals surface area contributed by atoms with E-state index in [2.05, 4.69) is 25.9 Å². The summed E-state index contributed by atoms with van der Waals surface area (Å²) in [6.07, 6.45) is -3.34. The number of amides is 2. The number of benzene rings is 1. The summed E-state index contributed by atoms with van der Waals surface area (Å²) in [7, 11) is 0. The first kappa shape index (κ1) is 21.5. The molecule has 1 fully saturated rings. The van der Waals surface area contributed by atoms with Crippen LogP contribution in [0.25, 0.3) is 5.65 Å². The molecule has 0 radical (unpaired) electrons. The first-order valence-electron chi connectivity index (χ1n) is 9.94. The maximum Gasteiger partial charge on any atom is 0.453 e. The molecule has 3 aromatic rings. The molecule has 12 heteroatoms. The molecule has 2 N–H and O–H groups in total. The van der Waals surface area contributed by atoms with Gasteiger partial charge < -0.3 is 15.5 Å². The Morgan fingerprint density at radius 1 is 1.03 bits per heavy atom. The first-order chi connectivity index (χ1) is 15.2. The van der Waals surface area contributed by atoms with Crippen LogP contribution >= 0.6 is 0 Å². The number of nitrogens with one attached hydrogen (secondary N) is 2. The quantitative estimate of drug-likeness (QED) is 0.637. The minimum Gasteiger partial charge on any atom is -0.354 e. The number of piperidine rings is 1. The molecule has 1 aromatic carbocycles. The number of aromatic nitrogens is 4. The Hall–Kier alpha value is -3.70. The Morgan fingerprint density at radius 2 is 1.72 bits per heavy atom. The molecule has 0 bridgehead atoms. The van der Waals surface area contributed by atoms with Crippen molar-refractivity contribution in [2.75, 3.05) is 28.6 Å². The Kier molecular flexibility index (Phi) is 5.68. The number of nitrogens with zero attached hydrogens (tertiary/aromatic N) is 5. The van der Waals surface area contributed by atoms with E-state index in [-0.39, 0.29) is 23.4 Å². The molecule has 1 aliphatic rings. The third-order valence-electron chi connectivity index (χ3n) is 5.09. The van der Waals surface area contributed by atoms with Gasteiger partial charge in [-0.2, -0.15) is 17.7 Å². The minimum atomic E-state index is -4.68. The molecule has 1 atom stereocenters. The second-order valence-electron chi connectivity index (χ2n) is 7.52. The second-order valence-corrected chi connectivity index (χ2v) is 7.52. The molecular weight excluding hydrogens is 427 g/mol. The topological polar surface area (TPSA) is 105 Å². The lowest BCUT2D eigenvalue weighted by molar-refractivity contribution is -0.146. The summed E-state index contributed by atoms with van der Waals surface area (Å²) in [5.74, 6) is -1.62. The predicted octanol–water partition coefficient (Wildman–Crippen LogP) is 2.96. The van der Waals surface area contributed by atoms with E-state index in [1.165, 1.54) is 13.0 Å². The third-order valence-corrected chi connectivity index (χ3v) is 5.09. The minimum absolute atomic E-state index is 0.00455. The average Bonchev–Trinajstić information content (AvgIpc) is 3.19. The zero-order chi connectivity index (χ0) is 22.9. The third kappa shape index (κ3) is 4.63. The van der Waals surface area contributed by atoms with Gasteiger partial charge in [0.15, 0.2) is 5.65 Å². The molecule has 0 spiro atoms. The van der Waals surface area contributed by atoms with Crippen molar-refractivity contribution in [1.82, 2.24) is 19.8 Å². The Labute approximate surface area is 180 Å². The van der Waals surface area contributed by atoms with E-state index in [1.807, 2.05) is 0 Å². The van der Waals surface area contributed by atoms with Gasteiger partial charge in [-0.3, -0.25) is 9.59 Å². The standard InChI is InChI=1S/C20H20F3N7O2/c1-12(31)24-14-4-6-15(7-5-14)25-18(32)13-3-2-10-29(11-13)17-9-8-16-26-27-19(20(21,22)23)30(16)28-17/h4-9,13H,2-3,10-11H2,1H3,(H,24,31)(H,25,32)/t13-/m1/s1. The highest BCUT2D eigenvalue weighted by molar-refractivity contribution is 5.94. The van der Waals surface area contributed by atoms with E-state index in [9.17, 15) is 22.8 Å². The number of rotatable bonds is 4. The lowest BCUT2D eigenvalue weighted by Gasteiger charge is -2.32. The fourth-order valence-electron chi connectivity index (χ4n) is 3.61. The van der Waals surface area contributed by atoms with Crippen LogP contribution in [0.1, 0.15) is 25.6 Å². The predicted molar refractivity (Wildman–Crippen MR) is 110 cm³/mol. The summed E-state index contributed by atoms with van der Waals surface area (Å²) in [6, 6.07) is 9.73. The highest BCUT2D eigenvalue weighted by Gasteiger charge is 2.38. The summed E-state index contributed by atoms with van der Waals surface area (Å²) in [5, 5.41) is 16.3. The van der Waals surface area contributed by atoms with E-state index < -0.39 is 12.0 Å². The molecule has 32 heavy (non-hydrogen) atoms. The van der Waals surface area contributed by atoms with Crippen LogP contribution < -0.4 is 15.5 Å². The van der Waals surface area contributed by atoms with Crippen LogP contribution in [-0.2, 0) is 15.8 Å². The van der Waals surface area contributed by atoms with Crippen LogP contribution in [0.4, 0.5) is 30.4 Å². The number of hydrogen-bond acceptors (Lipinski definition) is 6. The van der Waals surface area contributed by atoms with Crippen LogP contribution in [0.3, 0.4) is 0 Å². The molecule has 4 rings (SSSR count). The van der Waals surface area contributed by atoms with E-state index >= 15 is 0 Å². The van der Waals surface area contributed by atoms with Crippen molar-refractivity contribution in [3.8, 4) is 0 Å². The molecule has 0 saturated carbocycles. The molecule has 168 valence electrons. The Morgan fingerprint density at radius 3 is 2.38 bits per heavy atom. The summed E-state index contributed by atoms with van der Waals surface area (Å²) >= 11 is 0. The zero-order valence-corrected chi connectivity index (χ0v) is 17.1. The van der Waals surface area contributed by atoms with Crippen molar-refractivity contribution in [2.24, 2.45) is 5.92 Å². The van der Waals surface area contributed by atoms with E-state index in [1.54, 1.807) is 35.2 Å². The number of anilines is 3. The largest absolute Gasteiger partial charge is 0.453 e. The first-order valence-corrected chi connectivity index (χ1v) is 9.94. The molecule has 2 aromatic heterocycles. The summed E-state index contributed by atoms with van der Waals surface area (Å²) < 4.78 is 40.1. The van der Waals surface area contributed by atoms with Crippen molar-refractivity contribution in [1.29, 1.82) is 0 Å². The smallest absolute Gasteiger partial charge is 0.354 e. The molecular formula is C20H20F3N7O2. The average molecular weight is 447 g/mol. The second kappa shape index (κ2) is 8.44. The Bertz CT molecular complexity index is 1140. The van der Waals surface area contributed by atoms with Crippen LogP contribution in [0, 0.1) is 5.92 Å². The van der Waals surface area contributed by atoms with E-state index in [0.717, 1.165) is 0 Å². The number of halogens is 3. The zero-order valence-electron chi connectivity index (χ0n) is 17.1. The monoisotopic (exact) mass is 447 g/mol. The lowest BCUT2D eigenvalue weighted by atomic mass is 9.97. The summed E-state index contributed by atoms with van der Waals surface area (Å²) in [6.45, 7) is 2.29. The van der Waals surface area contributed by atoms with E-state index in [0.29, 0.717) is 47.6 Å². The number of fused-ring (bicyclic) bond motifs is 1. The summed E-state index contributed by atoms with van der Waals surface area (Å²) in [4.78, 5) is 25.6. The van der Waals surface area contributed by atoms with Crippen LogP contribution in [0.5, 0.6) is 0 Å². The van der Waals surface area contributed by atoms with Gasteiger partial charge in [-0.25, -0.2) is 0 Å². The maximum atomic E-state index is 13.1. The van der Waals surface area contributed by atoms with Crippen LogP contribution in [-0.4, -0.2) is 44.7 Å². The molecule has 3 heterocycles. The maximum absolute atomic E-state index is 13.1. The van der Waals surface area contributed by atoms with Gasteiger partial charge in [0.1, 0.15) is 5.82 Å². The van der Waals surface area contributed by atoms with Gasteiger partial charge in [0.05, 0.1) is 5.92 Å². The van der Waals surface area contributed by atoms with Gasteiger partial charge in [0, 0.05) is 31.4 Å². The Balaban J connectivity index is 1.46. The molecule has 0 aliphatic carbocycles. The number of carbonyl (C=O) groups excluding carboxylic acids is 2. The fourth-order valence-corrected chi connectivity index (χ4v) is 3.61. The van der Waals surface area contributed by atoms with Gasteiger partial charge in [-0.1, -0.05) is 0 Å². The van der Waals surface area contributed by atoms with Crippen molar-refractivity contribution in [2.45, 2.75) is 25.9 Å². The normalized spacial score (nSPS) is 16.8. The van der Waals surface area contributed by atoms with Gasteiger partial charge in [-0.15, -0.1) is 15.3 Å². The molecule has 9 nitrogen and oxygen atoms in total. The number of hydrogen-bond donors (Lipinski definition) is 2. The SMILES string of the molecule is CC(=O)Nc1ccc(NC(=O)[C@@H]2CCCN(c3ccc4nnc(C(F)(F)F)n4n3)C2)cc1. The van der Waals surface area contributed by atoms with Crippen molar-refractivity contribution < 1.29 is 22.8 Å². The van der Waals surface area contributed by atoms with Crippen molar-refractivity contribution >= 4 is 34.7 Å². The van der Waals surface area contributed by atoms with Crippen molar-refractivity contribution in [3.63, 3.8) is 0 Å². The van der Waals surface area contributed by atoms with Gasteiger partial charge in [0.25, 0.3) is 5.82 Å². The van der Waals surface area contributed by atoms with E-state index in [4.69, 9.17) is 0 Å². The highest BCUT2D eigenvalue weighted by Crippen LogP contribution is 2.29. The number of carbonyl (C=O) groups is 2. The molecule has 2 amide bonds. The van der Waals surface area contributed by atoms with Crippen molar-refractivity contribution in [3.05, 3.63) is 42.2 Å².